The third-order valence-electron chi connectivity index (χ3n) is 4.78. The number of Topliss-reactive ketones (excluding diaryl/α,β-unsaturated/α-hetero) is 1. The van der Waals surface area contributed by atoms with Crippen LogP contribution >= 0.6 is 11.6 Å². The topological polar surface area (TPSA) is 66.8 Å². The Balaban J connectivity index is 1.91. The maximum atomic E-state index is 13.1. The van der Waals surface area contributed by atoms with Gasteiger partial charge in [-0.2, -0.15) is 0 Å². The van der Waals surface area contributed by atoms with E-state index in [0.29, 0.717) is 22.0 Å². The standard InChI is InChI=1S/C21H22ClNO4/c1-13-8-9-14(2)19-18(13)21(26,12-15(3)24)20(25)23(19)10-11-27-17-7-5-4-6-16(17)22/h4-9,26H,10-12H2,1-3H3. The lowest BCUT2D eigenvalue weighted by atomic mass is 9.86. The zero-order valence-corrected chi connectivity index (χ0v) is 16.3. The van der Waals surface area contributed by atoms with Crippen LogP contribution in [0.1, 0.15) is 30.0 Å². The molecule has 0 spiro atoms. The van der Waals surface area contributed by atoms with Gasteiger partial charge >= 0.3 is 0 Å². The molecule has 0 saturated carbocycles. The number of ether oxygens (including phenoxy) is 1. The Bertz CT molecular complexity index is 911. The highest BCUT2D eigenvalue weighted by Crippen LogP contribution is 2.46. The monoisotopic (exact) mass is 387 g/mol. The number of halogens is 1. The van der Waals surface area contributed by atoms with Crippen LogP contribution in [0.5, 0.6) is 5.75 Å². The summed E-state index contributed by atoms with van der Waals surface area (Å²) >= 11 is 6.09. The molecule has 1 amide bonds. The molecule has 1 heterocycles. The molecule has 1 aliphatic heterocycles. The van der Waals surface area contributed by atoms with Gasteiger partial charge in [0, 0.05) is 12.0 Å². The molecule has 1 unspecified atom stereocenters. The molecule has 1 aliphatic rings. The number of hydrogen-bond donors (Lipinski definition) is 1. The van der Waals surface area contributed by atoms with Gasteiger partial charge in [0.2, 0.25) is 0 Å². The summed E-state index contributed by atoms with van der Waals surface area (Å²) in [4.78, 5) is 26.3. The van der Waals surface area contributed by atoms with Gasteiger partial charge in [-0.15, -0.1) is 0 Å². The van der Waals surface area contributed by atoms with Crippen molar-refractivity contribution in [3.63, 3.8) is 0 Å². The minimum atomic E-state index is -1.83. The number of rotatable bonds is 6. The molecule has 0 saturated heterocycles. The molecule has 27 heavy (non-hydrogen) atoms. The molecule has 3 rings (SSSR count). The number of nitrogens with zero attached hydrogens (tertiary/aromatic N) is 1. The molecule has 0 bridgehead atoms. The largest absolute Gasteiger partial charge is 0.490 e. The smallest absolute Gasteiger partial charge is 0.264 e. The number of aliphatic hydroxyl groups is 1. The molecule has 2 aromatic carbocycles. The van der Waals surface area contributed by atoms with E-state index in [9.17, 15) is 14.7 Å². The molecule has 6 heteroatoms. The summed E-state index contributed by atoms with van der Waals surface area (Å²) < 4.78 is 5.71. The SMILES string of the molecule is CC(=O)CC1(O)C(=O)N(CCOc2ccccc2Cl)c2c(C)ccc(C)c21. The Kier molecular flexibility index (Phi) is 5.27. The Morgan fingerprint density at radius 1 is 1.19 bits per heavy atom. The van der Waals surface area contributed by atoms with Crippen molar-refractivity contribution in [2.24, 2.45) is 0 Å². The van der Waals surface area contributed by atoms with Gasteiger partial charge in [0.1, 0.15) is 18.1 Å². The van der Waals surface area contributed by atoms with Crippen molar-refractivity contribution in [3.05, 3.63) is 58.1 Å². The first kappa shape index (κ1) is 19.4. The van der Waals surface area contributed by atoms with Crippen LogP contribution in [0.4, 0.5) is 5.69 Å². The molecule has 1 N–H and O–H groups in total. The predicted molar refractivity (Wildman–Crippen MR) is 104 cm³/mol. The fourth-order valence-corrected chi connectivity index (χ4v) is 3.83. The fourth-order valence-electron chi connectivity index (χ4n) is 3.64. The summed E-state index contributed by atoms with van der Waals surface area (Å²) in [5.74, 6) is -0.203. The van der Waals surface area contributed by atoms with E-state index in [0.717, 1.165) is 11.1 Å². The second-order valence-corrected chi connectivity index (χ2v) is 7.30. The van der Waals surface area contributed by atoms with E-state index in [4.69, 9.17) is 16.3 Å². The molecular weight excluding hydrogens is 366 g/mol. The Morgan fingerprint density at radius 2 is 1.85 bits per heavy atom. The third-order valence-corrected chi connectivity index (χ3v) is 5.10. The zero-order chi connectivity index (χ0) is 19.8. The van der Waals surface area contributed by atoms with Crippen molar-refractivity contribution in [1.29, 1.82) is 0 Å². The quantitative estimate of drug-likeness (QED) is 0.823. The number of ketones is 1. The normalized spacial score (nSPS) is 18.6. The lowest BCUT2D eigenvalue weighted by molar-refractivity contribution is -0.141. The van der Waals surface area contributed by atoms with Crippen molar-refractivity contribution < 1.29 is 19.4 Å². The van der Waals surface area contributed by atoms with Crippen LogP contribution in [0.25, 0.3) is 0 Å². The highest BCUT2D eigenvalue weighted by atomic mass is 35.5. The summed E-state index contributed by atoms with van der Waals surface area (Å²) in [7, 11) is 0. The van der Waals surface area contributed by atoms with E-state index < -0.39 is 11.5 Å². The number of amides is 1. The molecule has 0 fully saturated rings. The molecule has 1 atom stereocenters. The number of carbonyl (C=O) groups is 2. The molecule has 0 aromatic heterocycles. The summed E-state index contributed by atoms with van der Waals surface area (Å²) in [5.41, 5.74) is 0.983. The number of fused-ring (bicyclic) bond motifs is 1. The summed E-state index contributed by atoms with van der Waals surface area (Å²) in [6, 6.07) is 10.9. The van der Waals surface area contributed by atoms with Gasteiger partial charge < -0.3 is 14.7 Å². The maximum Gasteiger partial charge on any atom is 0.264 e. The predicted octanol–water partition coefficient (Wildman–Crippen LogP) is 3.55. The number of benzene rings is 2. The average molecular weight is 388 g/mol. The molecular formula is C21H22ClNO4. The molecule has 5 nitrogen and oxygen atoms in total. The first-order valence-electron chi connectivity index (χ1n) is 8.77. The van der Waals surface area contributed by atoms with Crippen molar-refractivity contribution in [2.45, 2.75) is 32.8 Å². The van der Waals surface area contributed by atoms with Crippen LogP contribution in [0.2, 0.25) is 5.02 Å². The van der Waals surface area contributed by atoms with E-state index in [-0.39, 0.29) is 25.4 Å². The van der Waals surface area contributed by atoms with E-state index in [2.05, 4.69) is 0 Å². The maximum absolute atomic E-state index is 13.1. The number of hydrogen-bond acceptors (Lipinski definition) is 4. The molecule has 0 radical (unpaired) electrons. The van der Waals surface area contributed by atoms with E-state index >= 15 is 0 Å². The lowest BCUT2D eigenvalue weighted by Gasteiger charge is -2.23. The van der Waals surface area contributed by atoms with Crippen LogP contribution in [-0.4, -0.2) is 29.9 Å². The van der Waals surface area contributed by atoms with Crippen molar-refractivity contribution in [2.75, 3.05) is 18.1 Å². The second-order valence-electron chi connectivity index (χ2n) is 6.90. The lowest BCUT2D eigenvalue weighted by Crippen LogP contribution is -2.43. The summed E-state index contributed by atoms with van der Waals surface area (Å²) in [6.07, 6.45) is -0.245. The number of carbonyl (C=O) groups excluding carboxylic acids is 2. The molecule has 0 aliphatic carbocycles. The molecule has 2 aromatic rings. The van der Waals surface area contributed by atoms with Crippen LogP contribution in [0.3, 0.4) is 0 Å². The number of aryl methyl sites for hydroxylation is 2. The van der Waals surface area contributed by atoms with E-state index in [1.165, 1.54) is 11.8 Å². The number of para-hydroxylation sites is 1. The van der Waals surface area contributed by atoms with Crippen molar-refractivity contribution >= 4 is 29.0 Å². The van der Waals surface area contributed by atoms with Crippen LogP contribution in [-0.2, 0) is 15.2 Å². The van der Waals surface area contributed by atoms with Gasteiger partial charge in [0.15, 0.2) is 5.60 Å². The summed E-state index contributed by atoms with van der Waals surface area (Å²) in [5, 5.41) is 11.6. The van der Waals surface area contributed by atoms with Crippen molar-refractivity contribution in [1.82, 2.24) is 0 Å². The van der Waals surface area contributed by atoms with Gasteiger partial charge in [-0.3, -0.25) is 9.59 Å². The van der Waals surface area contributed by atoms with Crippen LogP contribution in [0.15, 0.2) is 36.4 Å². The highest BCUT2D eigenvalue weighted by Gasteiger charge is 2.51. The van der Waals surface area contributed by atoms with Crippen molar-refractivity contribution in [3.8, 4) is 5.75 Å². The van der Waals surface area contributed by atoms with Gasteiger partial charge in [-0.1, -0.05) is 35.9 Å². The van der Waals surface area contributed by atoms with E-state index in [1.807, 2.05) is 38.1 Å². The Labute approximate surface area is 163 Å². The minimum absolute atomic E-state index is 0.207. The Morgan fingerprint density at radius 3 is 2.52 bits per heavy atom. The highest BCUT2D eigenvalue weighted by molar-refractivity contribution is 6.32. The first-order chi connectivity index (χ1) is 12.8. The third kappa shape index (κ3) is 3.45. The van der Waals surface area contributed by atoms with Gasteiger partial charge in [-0.05, 0) is 44.0 Å². The molecule has 142 valence electrons. The van der Waals surface area contributed by atoms with Gasteiger partial charge in [-0.25, -0.2) is 0 Å². The second kappa shape index (κ2) is 7.33. The Hall–Kier alpha value is -2.37. The summed E-state index contributed by atoms with van der Waals surface area (Å²) in [6.45, 7) is 5.53. The van der Waals surface area contributed by atoms with Gasteiger partial charge in [0.05, 0.1) is 17.3 Å². The van der Waals surface area contributed by atoms with Crippen LogP contribution < -0.4 is 9.64 Å². The first-order valence-corrected chi connectivity index (χ1v) is 9.15. The number of anilines is 1. The fraction of sp³-hybridized carbons (Fsp3) is 0.333. The van der Waals surface area contributed by atoms with Crippen LogP contribution in [0, 0.1) is 13.8 Å². The van der Waals surface area contributed by atoms with E-state index in [1.54, 1.807) is 12.1 Å². The average Bonchev–Trinajstić information content (AvgIpc) is 2.82. The van der Waals surface area contributed by atoms with Gasteiger partial charge in [0.25, 0.3) is 5.91 Å². The minimum Gasteiger partial charge on any atom is -0.490 e. The zero-order valence-electron chi connectivity index (χ0n) is 15.6.